The Balaban J connectivity index is 1.78. The number of sulfonamides is 1. The Morgan fingerprint density at radius 2 is 1.69 bits per heavy atom. The summed E-state index contributed by atoms with van der Waals surface area (Å²) in [5.41, 5.74) is -2.70. The molecule has 3 rings (SSSR count). The van der Waals surface area contributed by atoms with E-state index in [2.05, 4.69) is 5.32 Å². The molecule has 1 aliphatic heterocycles. The highest BCUT2D eigenvalue weighted by molar-refractivity contribution is 7.89. The van der Waals surface area contributed by atoms with Gasteiger partial charge in [-0.05, 0) is 37.5 Å². The molecule has 0 bridgehead atoms. The summed E-state index contributed by atoms with van der Waals surface area (Å²) in [6.07, 6.45) is -5.14. The van der Waals surface area contributed by atoms with Crippen molar-refractivity contribution in [2.75, 3.05) is 38.5 Å². The summed E-state index contributed by atoms with van der Waals surface area (Å²) < 4.78 is 94.4. The molecule has 1 heterocycles. The number of carbonyl (C=O) groups is 1. The van der Waals surface area contributed by atoms with Gasteiger partial charge in [-0.2, -0.15) is 17.5 Å². The summed E-state index contributed by atoms with van der Waals surface area (Å²) >= 11 is 5.68. The lowest BCUT2D eigenvalue weighted by atomic mass is 9.78. The van der Waals surface area contributed by atoms with Gasteiger partial charge < -0.3 is 5.32 Å². The van der Waals surface area contributed by atoms with Crippen molar-refractivity contribution < 1.29 is 35.2 Å². The minimum atomic E-state index is -4.80. The van der Waals surface area contributed by atoms with E-state index < -0.39 is 57.5 Å². The average molecular weight is 546 g/mol. The van der Waals surface area contributed by atoms with Gasteiger partial charge in [-0.1, -0.05) is 18.5 Å². The van der Waals surface area contributed by atoms with Crippen LogP contribution in [0, 0.1) is 0 Å². The predicted octanol–water partition coefficient (Wildman–Crippen LogP) is 4.39. The minimum absolute atomic E-state index is 0.0169. The van der Waals surface area contributed by atoms with Crippen LogP contribution < -0.4 is 5.32 Å². The standard InChI is InChI=1S/C22H29ClF5N3O3S/c1-2-13-35(33,34)31-11-9-30(10-12-31)20(5-7-21(24,25)8-6-20)15-29-19(32)17-4-3-16(23)14-18(17)22(26,27)28/h3-4,14H,2,5-13,15H2,1H3,(H,29,32). The van der Waals surface area contributed by atoms with Gasteiger partial charge in [-0.25, -0.2) is 17.2 Å². The third-order valence-electron chi connectivity index (χ3n) is 6.79. The number of benzene rings is 1. The van der Waals surface area contributed by atoms with Crippen molar-refractivity contribution in [1.82, 2.24) is 14.5 Å². The normalized spacial score (nSPS) is 21.6. The fourth-order valence-corrected chi connectivity index (χ4v) is 6.47. The van der Waals surface area contributed by atoms with Crippen LogP contribution in [0.4, 0.5) is 22.0 Å². The molecule has 1 N–H and O–H groups in total. The van der Waals surface area contributed by atoms with Crippen molar-refractivity contribution >= 4 is 27.5 Å². The number of hydrogen-bond acceptors (Lipinski definition) is 4. The highest BCUT2D eigenvalue weighted by Crippen LogP contribution is 2.42. The third-order valence-corrected chi connectivity index (χ3v) is 9.10. The van der Waals surface area contributed by atoms with Gasteiger partial charge in [0.2, 0.25) is 15.9 Å². The molecule has 198 valence electrons. The molecule has 1 saturated heterocycles. The zero-order chi connectivity index (χ0) is 26.1. The van der Waals surface area contributed by atoms with Gasteiger partial charge in [0, 0.05) is 56.1 Å². The molecule has 13 heteroatoms. The molecule has 1 amide bonds. The molecular weight excluding hydrogens is 517 g/mol. The SMILES string of the molecule is CCCS(=O)(=O)N1CCN(C2(CNC(=O)c3ccc(Cl)cc3C(F)(F)F)CCC(F)(F)CC2)CC1. The molecular formula is C22H29ClF5N3O3S. The molecule has 0 aromatic heterocycles. The smallest absolute Gasteiger partial charge is 0.350 e. The number of halogens is 6. The van der Waals surface area contributed by atoms with Crippen molar-refractivity contribution in [3.8, 4) is 0 Å². The van der Waals surface area contributed by atoms with Crippen molar-refractivity contribution in [2.24, 2.45) is 0 Å². The number of amides is 1. The first-order valence-electron chi connectivity index (χ1n) is 11.4. The van der Waals surface area contributed by atoms with E-state index in [1.807, 2.05) is 4.90 Å². The zero-order valence-electron chi connectivity index (χ0n) is 19.3. The van der Waals surface area contributed by atoms with E-state index >= 15 is 0 Å². The van der Waals surface area contributed by atoms with E-state index in [-0.39, 0.29) is 56.3 Å². The lowest BCUT2D eigenvalue weighted by Gasteiger charge is -2.50. The highest BCUT2D eigenvalue weighted by Gasteiger charge is 2.48. The maximum atomic E-state index is 14.0. The van der Waals surface area contributed by atoms with Crippen LogP contribution in [0.2, 0.25) is 5.02 Å². The monoisotopic (exact) mass is 545 g/mol. The molecule has 0 unspecified atom stereocenters. The second-order valence-electron chi connectivity index (χ2n) is 9.15. The maximum Gasteiger partial charge on any atom is 0.417 e. The number of rotatable bonds is 7. The lowest BCUT2D eigenvalue weighted by molar-refractivity contribution is -0.138. The molecule has 1 aromatic carbocycles. The van der Waals surface area contributed by atoms with Crippen molar-refractivity contribution in [1.29, 1.82) is 0 Å². The highest BCUT2D eigenvalue weighted by atomic mass is 35.5. The van der Waals surface area contributed by atoms with Crippen molar-refractivity contribution in [3.63, 3.8) is 0 Å². The molecule has 2 aliphatic rings. The summed E-state index contributed by atoms with van der Waals surface area (Å²) in [6, 6.07) is 2.83. The average Bonchev–Trinajstić information content (AvgIpc) is 2.78. The number of alkyl halides is 5. The molecule has 6 nitrogen and oxygen atoms in total. The maximum absolute atomic E-state index is 14.0. The summed E-state index contributed by atoms with van der Waals surface area (Å²) in [5.74, 6) is -3.82. The quantitative estimate of drug-likeness (QED) is 0.516. The Morgan fingerprint density at radius 3 is 2.23 bits per heavy atom. The van der Waals surface area contributed by atoms with E-state index in [0.29, 0.717) is 12.5 Å². The Bertz CT molecular complexity index is 1020. The molecule has 2 fully saturated rings. The van der Waals surface area contributed by atoms with E-state index in [1.165, 1.54) is 10.4 Å². The van der Waals surface area contributed by atoms with Gasteiger partial charge in [0.1, 0.15) is 0 Å². The second-order valence-corrected chi connectivity index (χ2v) is 11.7. The van der Waals surface area contributed by atoms with Crippen LogP contribution in [0.15, 0.2) is 18.2 Å². The van der Waals surface area contributed by atoms with Gasteiger partial charge >= 0.3 is 6.18 Å². The first-order valence-corrected chi connectivity index (χ1v) is 13.4. The largest absolute Gasteiger partial charge is 0.417 e. The van der Waals surface area contributed by atoms with Crippen LogP contribution in [-0.2, 0) is 16.2 Å². The van der Waals surface area contributed by atoms with Gasteiger partial charge in [0.25, 0.3) is 5.91 Å². The first kappa shape index (κ1) is 28.1. The van der Waals surface area contributed by atoms with Gasteiger partial charge in [0.05, 0.1) is 16.9 Å². The van der Waals surface area contributed by atoms with Crippen LogP contribution in [0.5, 0.6) is 0 Å². The molecule has 35 heavy (non-hydrogen) atoms. The van der Waals surface area contributed by atoms with E-state index in [0.717, 1.165) is 6.07 Å². The number of nitrogens with one attached hydrogen (secondary N) is 1. The molecule has 0 spiro atoms. The summed E-state index contributed by atoms with van der Waals surface area (Å²) in [4.78, 5) is 14.7. The minimum Gasteiger partial charge on any atom is -0.350 e. The second kappa shape index (κ2) is 10.5. The van der Waals surface area contributed by atoms with Crippen LogP contribution in [-0.4, -0.2) is 73.5 Å². The Morgan fingerprint density at radius 1 is 1.09 bits per heavy atom. The van der Waals surface area contributed by atoms with E-state index in [1.54, 1.807) is 6.92 Å². The van der Waals surface area contributed by atoms with Crippen LogP contribution >= 0.6 is 11.6 Å². The molecule has 0 atom stereocenters. The molecule has 1 aliphatic carbocycles. The van der Waals surface area contributed by atoms with Crippen LogP contribution in [0.25, 0.3) is 0 Å². The number of carbonyl (C=O) groups excluding carboxylic acids is 1. The summed E-state index contributed by atoms with van der Waals surface area (Å²) in [6.45, 7) is 2.55. The van der Waals surface area contributed by atoms with Crippen LogP contribution in [0.1, 0.15) is 54.9 Å². The van der Waals surface area contributed by atoms with Gasteiger partial charge in [-0.15, -0.1) is 0 Å². The van der Waals surface area contributed by atoms with E-state index in [9.17, 15) is 35.2 Å². The Kier molecular flexibility index (Phi) is 8.40. The summed E-state index contributed by atoms with van der Waals surface area (Å²) in [5, 5.41) is 2.36. The van der Waals surface area contributed by atoms with E-state index in [4.69, 9.17) is 11.6 Å². The van der Waals surface area contributed by atoms with Crippen molar-refractivity contribution in [2.45, 2.75) is 56.7 Å². The molecule has 0 radical (unpaired) electrons. The fourth-order valence-electron chi connectivity index (χ4n) is 4.80. The topological polar surface area (TPSA) is 69.7 Å². The third kappa shape index (κ3) is 6.64. The Labute approximate surface area is 206 Å². The zero-order valence-corrected chi connectivity index (χ0v) is 20.9. The molecule has 1 saturated carbocycles. The fraction of sp³-hybridized carbons (Fsp3) is 0.682. The summed E-state index contributed by atoms with van der Waals surface area (Å²) in [7, 11) is -3.41. The van der Waals surface area contributed by atoms with Crippen LogP contribution in [0.3, 0.4) is 0 Å². The predicted molar refractivity (Wildman–Crippen MR) is 122 cm³/mol. The van der Waals surface area contributed by atoms with Gasteiger partial charge in [-0.3, -0.25) is 9.69 Å². The number of hydrogen-bond donors (Lipinski definition) is 1. The van der Waals surface area contributed by atoms with Gasteiger partial charge in [0.15, 0.2) is 0 Å². The first-order chi connectivity index (χ1) is 16.2. The number of nitrogens with zero attached hydrogens (tertiary/aromatic N) is 2. The Hall–Kier alpha value is -1.50. The molecule has 1 aromatic rings. The van der Waals surface area contributed by atoms with Crippen molar-refractivity contribution in [3.05, 3.63) is 34.3 Å². The number of piperazine rings is 1. The lowest BCUT2D eigenvalue weighted by Crippen LogP contribution is -2.63.